The van der Waals surface area contributed by atoms with Gasteiger partial charge in [-0.05, 0) is 13.3 Å². The summed E-state index contributed by atoms with van der Waals surface area (Å²) in [5.41, 5.74) is 0. The molecule has 3 heteroatoms. The van der Waals surface area contributed by atoms with Crippen LogP contribution in [0.5, 0.6) is 0 Å². The smallest absolute Gasteiger partial charge is 0.159 e. The van der Waals surface area contributed by atoms with Gasteiger partial charge in [0.2, 0.25) is 0 Å². The molecule has 0 amide bonds. The minimum absolute atomic E-state index is 0.125. The van der Waals surface area contributed by atoms with Crippen LogP contribution in [0.2, 0.25) is 0 Å². The fraction of sp³-hybridized carbons (Fsp3) is 1.00. The van der Waals surface area contributed by atoms with Crippen LogP contribution in [0.1, 0.15) is 71.6 Å². The monoisotopic (exact) mass is 274 g/mol. The third-order valence-electron chi connectivity index (χ3n) is 3.53. The van der Waals surface area contributed by atoms with E-state index in [4.69, 9.17) is 14.2 Å². The van der Waals surface area contributed by atoms with E-state index in [-0.39, 0.29) is 12.4 Å². The maximum Gasteiger partial charge on any atom is 0.159 e. The first-order chi connectivity index (χ1) is 9.28. The van der Waals surface area contributed by atoms with Crippen molar-refractivity contribution >= 4 is 0 Å². The van der Waals surface area contributed by atoms with Crippen molar-refractivity contribution in [2.45, 2.75) is 84.0 Å². The van der Waals surface area contributed by atoms with Gasteiger partial charge >= 0.3 is 0 Å². The van der Waals surface area contributed by atoms with E-state index in [2.05, 4.69) is 6.92 Å². The first-order valence-corrected chi connectivity index (χ1v) is 7.95. The predicted octanol–water partition coefficient (Wildman–Crippen LogP) is 4.54. The summed E-state index contributed by atoms with van der Waals surface area (Å²) in [4.78, 5) is 0. The predicted molar refractivity (Wildman–Crippen MR) is 80.4 cm³/mol. The second-order valence-corrected chi connectivity index (χ2v) is 5.12. The highest BCUT2D eigenvalue weighted by molar-refractivity contribution is 4.61. The largest absolute Gasteiger partial charge is 0.381 e. The molecule has 0 saturated carbocycles. The lowest BCUT2D eigenvalue weighted by molar-refractivity contribution is -0.141. The minimum atomic E-state index is -0.125. The normalized spacial score (nSPS) is 14.5. The van der Waals surface area contributed by atoms with Gasteiger partial charge in [-0.2, -0.15) is 0 Å². The van der Waals surface area contributed by atoms with Crippen molar-refractivity contribution in [1.29, 1.82) is 0 Å². The molecule has 0 aromatic rings. The molecule has 0 heterocycles. The Hall–Kier alpha value is -0.120. The zero-order chi connectivity index (χ0) is 14.3. The van der Waals surface area contributed by atoms with Crippen LogP contribution in [0.25, 0.3) is 0 Å². The van der Waals surface area contributed by atoms with Crippen molar-refractivity contribution < 1.29 is 14.2 Å². The summed E-state index contributed by atoms with van der Waals surface area (Å²) in [5.74, 6) is 0. The molecule has 0 aliphatic heterocycles. The third kappa shape index (κ3) is 11.4. The molecule has 3 nitrogen and oxygen atoms in total. The highest BCUT2D eigenvalue weighted by Gasteiger charge is 2.15. The molecule has 0 fully saturated rings. The molecular formula is C16H34O3. The Kier molecular flexibility index (Phi) is 14.2. The van der Waals surface area contributed by atoms with Gasteiger partial charge in [0.1, 0.15) is 0 Å². The number of ether oxygens (including phenoxy) is 3. The Morgan fingerprint density at radius 1 is 0.789 bits per heavy atom. The first kappa shape index (κ1) is 18.9. The first-order valence-electron chi connectivity index (χ1n) is 7.95. The highest BCUT2D eigenvalue weighted by atomic mass is 16.7. The Bertz CT molecular complexity index is 173. The molecule has 0 unspecified atom stereocenters. The average molecular weight is 274 g/mol. The number of hydrogen-bond donors (Lipinski definition) is 0. The van der Waals surface area contributed by atoms with E-state index in [0.717, 1.165) is 12.8 Å². The molecule has 19 heavy (non-hydrogen) atoms. The van der Waals surface area contributed by atoms with Crippen LogP contribution in [0.15, 0.2) is 0 Å². The fourth-order valence-corrected chi connectivity index (χ4v) is 2.29. The van der Waals surface area contributed by atoms with E-state index in [1.165, 1.54) is 44.9 Å². The molecule has 0 saturated heterocycles. The molecule has 0 aliphatic carbocycles. The van der Waals surface area contributed by atoms with Crippen molar-refractivity contribution in [3.63, 3.8) is 0 Å². The second-order valence-electron chi connectivity index (χ2n) is 5.12. The summed E-state index contributed by atoms with van der Waals surface area (Å²) >= 11 is 0. The Morgan fingerprint density at radius 3 is 1.95 bits per heavy atom. The van der Waals surface area contributed by atoms with Gasteiger partial charge in [0, 0.05) is 27.2 Å². The van der Waals surface area contributed by atoms with Crippen LogP contribution in [0.3, 0.4) is 0 Å². The lowest BCUT2D eigenvalue weighted by Crippen LogP contribution is -2.24. The van der Waals surface area contributed by atoms with Gasteiger partial charge in [-0.25, -0.2) is 0 Å². The van der Waals surface area contributed by atoms with Crippen LogP contribution >= 0.6 is 0 Å². The van der Waals surface area contributed by atoms with Gasteiger partial charge in [-0.3, -0.25) is 0 Å². The van der Waals surface area contributed by atoms with E-state index in [1.807, 2.05) is 6.92 Å². The van der Waals surface area contributed by atoms with Crippen LogP contribution in [0.4, 0.5) is 0 Å². The topological polar surface area (TPSA) is 27.7 Å². The van der Waals surface area contributed by atoms with Crippen molar-refractivity contribution in [2.24, 2.45) is 0 Å². The zero-order valence-electron chi connectivity index (χ0n) is 13.5. The van der Waals surface area contributed by atoms with Gasteiger partial charge in [-0.15, -0.1) is 0 Å². The summed E-state index contributed by atoms with van der Waals surface area (Å²) in [7, 11) is 3.48. The number of methoxy groups -OCH3 is 2. The lowest BCUT2D eigenvalue weighted by Gasteiger charge is -2.21. The SMILES string of the molecule is CCCCCCCCC[C@@H](C[C@H](OC)OCC)OC. The molecule has 0 N–H and O–H groups in total. The van der Waals surface area contributed by atoms with Crippen molar-refractivity contribution in [3.05, 3.63) is 0 Å². The van der Waals surface area contributed by atoms with Crippen LogP contribution in [0, 0.1) is 0 Å². The third-order valence-corrected chi connectivity index (χ3v) is 3.53. The summed E-state index contributed by atoms with van der Waals surface area (Å²) in [6, 6.07) is 0. The summed E-state index contributed by atoms with van der Waals surface area (Å²) in [6.45, 7) is 4.93. The van der Waals surface area contributed by atoms with Crippen LogP contribution in [-0.4, -0.2) is 33.2 Å². The van der Waals surface area contributed by atoms with Gasteiger partial charge in [0.15, 0.2) is 6.29 Å². The van der Waals surface area contributed by atoms with E-state index in [9.17, 15) is 0 Å². The summed E-state index contributed by atoms with van der Waals surface area (Å²) in [5, 5.41) is 0. The quantitative estimate of drug-likeness (QED) is 0.344. The van der Waals surface area contributed by atoms with Gasteiger partial charge in [0.05, 0.1) is 6.10 Å². The molecule has 116 valence electrons. The van der Waals surface area contributed by atoms with Gasteiger partial charge in [-0.1, -0.05) is 51.9 Å². The number of hydrogen-bond acceptors (Lipinski definition) is 3. The van der Waals surface area contributed by atoms with Crippen molar-refractivity contribution in [1.82, 2.24) is 0 Å². The van der Waals surface area contributed by atoms with E-state index < -0.39 is 0 Å². The standard InChI is InChI=1S/C16H34O3/c1-5-7-8-9-10-11-12-13-15(17-3)14-16(18-4)19-6-2/h15-16H,5-14H2,1-4H3/t15-,16+/m0/s1. The van der Waals surface area contributed by atoms with E-state index in [1.54, 1.807) is 14.2 Å². The summed E-state index contributed by atoms with van der Waals surface area (Å²) in [6.07, 6.45) is 11.5. The molecule has 2 atom stereocenters. The molecule has 0 aliphatic rings. The van der Waals surface area contributed by atoms with Gasteiger partial charge < -0.3 is 14.2 Å². The number of unbranched alkanes of at least 4 members (excludes halogenated alkanes) is 6. The average Bonchev–Trinajstić information content (AvgIpc) is 2.44. The molecule has 0 bridgehead atoms. The molecule has 0 spiro atoms. The van der Waals surface area contributed by atoms with Crippen molar-refractivity contribution in [3.8, 4) is 0 Å². The maximum atomic E-state index is 5.51. The van der Waals surface area contributed by atoms with E-state index in [0.29, 0.717) is 6.61 Å². The van der Waals surface area contributed by atoms with Crippen molar-refractivity contribution in [2.75, 3.05) is 20.8 Å². The Balaban J connectivity index is 3.58. The van der Waals surface area contributed by atoms with Crippen LogP contribution in [-0.2, 0) is 14.2 Å². The molecular weight excluding hydrogens is 240 g/mol. The Labute approximate surface area is 120 Å². The van der Waals surface area contributed by atoms with Gasteiger partial charge in [0.25, 0.3) is 0 Å². The molecule has 0 aromatic heterocycles. The Morgan fingerprint density at radius 2 is 1.42 bits per heavy atom. The lowest BCUT2D eigenvalue weighted by atomic mass is 10.0. The van der Waals surface area contributed by atoms with E-state index >= 15 is 0 Å². The highest BCUT2D eigenvalue weighted by Crippen LogP contribution is 2.15. The van der Waals surface area contributed by atoms with Crippen LogP contribution < -0.4 is 0 Å². The maximum absolute atomic E-state index is 5.51. The second kappa shape index (κ2) is 14.3. The molecule has 0 aromatic carbocycles. The summed E-state index contributed by atoms with van der Waals surface area (Å²) < 4.78 is 16.3. The minimum Gasteiger partial charge on any atom is -0.381 e. The zero-order valence-corrected chi connectivity index (χ0v) is 13.5. The molecule has 0 radical (unpaired) electrons. The molecule has 0 rings (SSSR count). The fourth-order valence-electron chi connectivity index (χ4n) is 2.29. The number of rotatable bonds is 14.